The third-order valence-electron chi connectivity index (χ3n) is 4.66. The van der Waals surface area contributed by atoms with Crippen molar-refractivity contribution in [3.63, 3.8) is 0 Å². The van der Waals surface area contributed by atoms with E-state index < -0.39 is 0 Å². The fraction of sp³-hybridized carbons (Fsp3) is 0.300. The molecule has 10 nitrogen and oxygen atoms in total. The second-order valence-corrected chi connectivity index (χ2v) is 6.93. The van der Waals surface area contributed by atoms with Crippen LogP contribution in [0.1, 0.15) is 17.9 Å². The molecule has 0 aliphatic carbocycles. The van der Waals surface area contributed by atoms with Gasteiger partial charge in [-0.2, -0.15) is 19.6 Å². The Morgan fingerprint density at radius 1 is 1.20 bits per heavy atom. The van der Waals surface area contributed by atoms with E-state index >= 15 is 0 Å². The molecule has 0 saturated carbocycles. The summed E-state index contributed by atoms with van der Waals surface area (Å²) in [5.74, 6) is 2.63. The fourth-order valence-corrected chi connectivity index (χ4v) is 3.22. The SMILES string of the molecule is Cc1ccc(-c2nc(N)nc3c(Oc4cccc(CO[C@H]5CCOC5)n4)cnn23)o1. The number of hydrogen-bond donors (Lipinski definition) is 1. The number of ether oxygens (including phenoxy) is 3. The summed E-state index contributed by atoms with van der Waals surface area (Å²) in [4.78, 5) is 13.0. The largest absolute Gasteiger partial charge is 0.458 e. The van der Waals surface area contributed by atoms with Crippen LogP contribution in [-0.4, -0.2) is 43.9 Å². The number of furan rings is 1. The molecule has 0 amide bonds. The Balaban J connectivity index is 1.40. The smallest absolute Gasteiger partial charge is 0.224 e. The molecule has 0 bridgehead atoms. The van der Waals surface area contributed by atoms with Crippen molar-refractivity contribution in [2.24, 2.45) is 0 Å². The van der Waals surface area contributed by atoms with Gasteiger partial charge in [-0.1, -0.05) is 6.07 Å². The second-order valence-electron chi connectivity index (χ2n) is 6.93. The fourth-order valence-electron chi connectivity index (χ4n) is 3.22. The average molecular weight is 408 g/mol. The zero-order valence-electron chi connectivity index (χ0n) is 16.3. The Kier molecular flexibility index (Phi) is 4.77. The van der Waals surface area contributed by atoms with Gasteiger partial charge in [0.1, 0.15) is 5.76 Å². The van der Waals surface area contributed by atoms with E-state index in [2.05, 4.69) is 20.1 Å². The molecule has 154 valence electrons. The first-order chi connectivity index (χ1) is 14.7. The summed E-state index contributed by atoms with van der Waals surface area (Å²) in [7, 11) is 0. The van der Waals surface area contributed by atoms with Gasteiger partial charge >= 0.3 is 0 Å². The van der Waals surface area contributed by atoms with Gasteiger partial charge in [-0.05, 0) is 31.5 Å². The molecule has 5 rings (SSSR count). The molecule has 30 heavy (non-hydrogen) atoms. The molecule has 2 N–H and O–H groups in total. The van der Waals surface area contributed by atoms with Crippen LogP contribution in [0.25, 0.3) is 17.2 Å². The highest BCUT2D eigenvalue weighted by molar-refractivity contribution is 5.61. The first kappa shape index (κ1) is 18.5. The van der Waals surface area contributed by atoms with E-state index in [1.807, 2.05) is 25.1 Å². The topological polar surface area (TPSA) is 123 Å². The van der Waals surface area contributed by atoms with Crippen LogP contribution in [0, 0.1) is 6.92 Å². The lowest BCUT2D eigenvalue weighted by molar-refractivity contribution is 0.0300. The van der Waals surface area contributed by atoms with E-state index in [1.54, 1.807) is 18.3 Å². The van der Waals surface area contributed by atoms with Crippen LogP contribution in [0.2, 0.25) is 0 Å². The summed E-state index contributed by atoms with van der Waals surface area (Å²) >= 11 is 0. The van der Waals surface area contributed by atoms with Crippen molar-refractivity contribution < 1.29 is 18.6 Å². The third kappa shape index (κ3) is 3.70. The number of anilines is 1. The molecule has 4 aromatic heterocycles. The van der Waals surface area contributed by atoms with Gasteiger partial charge in [-0.15, -0.1) is 0 Å². The lowest BCUT2D eigenvalue weighted by Gasteiger charge is -2.10. The molecule has 4 aromatic rings. The second kappa shape index (κ2) is 7.73. The van der Waals surface area contributed by atoms with Gasteiger partial charge in [-0.25, -0.2) is 4.98 Å². The maximum Gasteiger partial charge on any atom is 0.224 e. The predicted octanol–water partition coefficient (Wildman–Crippen LogP) is 2.77. The van der Waals surface area contributed by atoms with Crippen LogP contribution in [-0.2, 0) is 16.1 Å². The molecule has 1 atom stereocenters. The van der Waals surface area contributed by atoms with Crippen LogP contribution in [0.15, 0.2) is 40.9 Å². The van der Waals surface area contributed by atoms with Crippen molar-refractivity contribution in [2.45, 2.75) is 26.1 Å². The normalized spacial score (nSPS) is 16.4. The number of nitrogen functional groups attached to an aromatic ring is 1. The van der Waals surface area contributed by atoms with E-state index in [9.17, 15) is 0 Å². The van der Waals surface area contributed by atoms with Crippen molar-refractivity contribution in [1.82, 2.24) is 24.6 Å². The van der Waals surface area contributed by atoms with E-state index in [0.717, 1.165) is 24.5 Å². The maximum atomic E-state index is 5.94. The zero-order valence-corrected chi connectivity index (χ0v) is 16.3. The Morgan fingerprint density at radius 2 is 2.13 bits per heavy atom. The van der Waals surface area contributed by atoms with Crippen molar-refractivity contribution >= 4 is 11.6 Å². The molecule has 0 unspecified atom stereocenters. The molecule has 1 aliphatic rings. The van der Waals surface area contributed by atoms with Gasteiger partial charge in [0.05, 0.1) is 31.2 Å². The van der Waals surface area contributed by atoms with Crippen molar-refractivity contribution in [3.8, 4) is 23.2 Å². The van der Waals surface area contributed by atoms with E-state index in [0.29, 0.717) is 42.1 Å². The molecule has 1 saturated heterocycles. The molecule has 5 heterocycles. The summed E-state index contributed by atoms with van der Waals surface area (Å²) in [5, 5.41) is 4.34. The van der Waals surface area contributed by atoms with Crippen LogP contribution < -0.4 is 10.5 Å². The Morgan fingerprint density at radius 3 is 2.93 bits per heavy atom. The summed E-state index contributed by atoms with van der Waals surface area (Å²) < 4.78 is 24.3. The van der Waals surface area contributed by atoms with Crippen molar-refractivity contribution in [3.05, 3.63) is 48.0 Å². The summed E-state index contributed by atoms with van der Waals surface area (Å²) in [6, 6.07) is 9.15. The number of nitrogens with two attached hydrogens (primary N) is 1. The minimum Gasteiger partial charge on any atom is -0.458 e. The number of pyridine rings is 1. The average Bonchev–Trinajstić information content (AvgIpc) is 3.48. The summed E-state index contributed by atoms with van der Waals surface area (Å²) in [6.45, 7) is 3.60. The van der Waals surface area contributed by atoms with Crippen LogP contribution in [0.5, 0.6) is 11.6 Å². The number of aryl methyl sites for hydroxylation is 1. The highest BCUT2D eigenvalue weighted by Gasteiger charge is 2.18. The lowest BCUT2D eigenvalue weighted by atomic mass is 10.3. The van der Waals surface area contributed by atoms with Crippen LogP contribution in [0.3, 0.4) is 0 Å². The molecule has 10 heteroatoms. The summed E-state index contributed by atoms with van der Waals surface area (Å²) in [5.41, 5.74) is 7.09. The third-order valence-corrected chi connectivity index (χ3v) is 4.66. The first-order valence-electron chi connectivity index (χ1n) is 9.57. The first-order valence-corrected chi connectivity index (χ1v) is 9.57. The van der Waals surface area contributed by atoms with Gasteiger partial charge in [0.15, 0.2) is 11.5 Å². The Bertz CT molecular complexity index is 1180. The Labute approximate surface area is 171 Å². The van der Waals surface area contributed by atoms with Gasteiger partial charge in [0, 0.05) is 12.7 Å². The van der Waals surface area contributed by atoms with Gasteiger partial charge in [0.25, 0.3) is 0 Å². The standard InChI is InChI=1S/C20H20N6O4/c1-12-5-6-15(29-12)18-24-20(21)25-19-16(9-22-26(18)19)30-17-4-2-3-13(23-17)10-28-14-7-8-27-11-14/h2-6,9,14H,7-8,10-11H2,1H3,(H2,21,25)/t14-/m0/s1. The molecule has 0 aromatic carbocycles. The molecular weight excluding hydrogens is 388 g/mol. The maximum absolute atomic E-state index is 5.94. The number of fused-ring (bicyclic) bond motifs is 1. The van der Waals surface area contributed by atoms with E-state index in [1.165, 1.54) is 4.52 Å². The minimum absolute atomic E-state index is 0.0887. The lowest BCUT2D eigenvalue weighted by Crippen LogP contribution is -2.12. The van der Waals surface area contributed by atoms with Gasteiger partial charge in [0.2, 0.25) is 23.3 Å². The number of hydrogen-bond acceptors (Lipinski definition) is 9. The Hall–Kier alpha value is -3.50. The van der Waals surface area contributed by atoms with E-state index in [4.69, 9.17) is 24.4 Å². The molecule has 0 radical (unpaired) electrons. The van der Waals surface area contributed by atoms with Crippen molar-refractivity contribution in [1.29, 1.82) is 0 Å². The van der Waals surface area contributed by atoms with Crippen LogP contribution >= 0.6 is 0 Å². The molecular formula is C20H20N6O4. The number of nitrogens with zero attached hydrogens (tertiary/aromatic N) is 5. The number of rotatable bonds is 6. The predicted molar refractivity (Wildman–Crippen MR) is 106 cm³/mol. The molecule has 1 fully saturated rings. The molecule has 0 spiro atoms. The van der Waals surface area contributed by atoms with Crippen molar-refractivity contribution in [2.75, 3.05) is 18.9 Å². The van der Waals surface area contributed by atoms with Gasteiger partial charge < -0.3 is 24.4 Å². The monoisotopic (exact) mass is 408 g/mol. The molecule has 1 aliphatic heterocycles. The van der Waals surface area contributed by atoms with E-state index in [-0.39, 0.29) is 12.1 Å². The highest BCUT2D eigenvalue weighted by atomic mass is 16.5. The van der Waals surface area contributed by atoms with Crippen LogP contribution in [0.4, 0.5) is 5.95 Å². The number of aromatic nitrogens is 5. The minimum atomic E-state index is 0.0887. The van der Waals surface area contributed by atoms with Gasteiger partial charge in [-0.3, -0.25) is 0 Å². The zero-order chi connectivity index (χ0) is 20.5. The summed E-state index contributed by atoms with van der Waals surface area (Å²) in [6.07, 6.45) is 2.56. The highest BCUT2D eigenvalue weighted by Crippen LogP contribution is 2.28. The quantitative estimate of drug-likeness (QED) is 0.513.